The number of nitrogens with zero attached hydrogens (tertiary/aromatic N) is 1. The number of hydrogen-bond donors (Lipinski definition) is 1. The highest BCUT2D eigenvalue weighted by Crippen LogP contribution is 2.19. The van der Waals surface area contributed by atoms with Crippen LogP contribution in [-0.2, 0) is 9.59 Å². The molecule has 1 heterocycles. The van der Waals surface area contributed by atoms with E-state index in [1.165, 1.54) is 4.90 Å². The number of aliphatic carboxylic acids is 1. The van der Waals surface area contributed by atoms with E-state index in [1.54, 1.807) is 0 Å². The van der Waals surface area contributed by atoms with Crippen molar-refractivity contribution in [3.63, 3.8) is 0 Å². The number of halogens is 2. The van der Waals surface area contributed by atoms with Crippen LogP contribution in [-0.4, -0.2) is 39.8 Å². The van der Waals surface area contributed by atoms with E-state index in [0.29, 0.717) is 19.4 Å². The molecule has 1 amide bonds. The highest BCUT2D eigenvalue weighted by atomic mass is 35.5. The Kier molecular flexibility index (Phi) is 4.01. The summed E-state index contributed by atoms with van der Waals surface area (Å²) in [5, 5.41) is 8.77. The molecule has 1 aliphatic rings. The Bertz CT molecular complexity index is 245. The predicted octanol–water partition coefficient (Wildman–Crippen LogP) is 1.11. The number of carbonyl (C=O) groups excluding carboxylic acids is 1. The SMILES string of the molecule is O=C(O)[C@H]1CCCN(C(=O)C(Cl)Cl)C1. The van der Waals surface area contributed by atoms with Crippen LogP contribution in [0.2, 0.25) is 0 Å². The van der Waals surface area contributed by atoms with Crippen LogP contribution in [0.5, 0.6) is 0 Å². The van der Waals surface area contributed by atoms with Gasteiger partial charge in [0.15, 0.2) is 4.84 Å². The number of carboxylic acid groups (broad SMARTS) is 1. The number of piperidine rings is 1. The number of carboxylic acids is 1. The minimum atomic E-state index is -1.09. The summed E-state index contributed by atoms with van der Waals surface area (Å²) in [4.78, 5) is 22.3. The fourth-order valence-corrected chi connectivity index (χ4v) is 1.79. The first kappa shape index (κ1) is 11.6. The van der Waals surface area contributed by atoms with Crippen LogP contribution >= 0.6 is 23.2 Å². The maximum Gasteiger partial charge on any atom is 0.308 e. The molecule has 0 bridgehead atoms. The van der Waals surface area contributed by atoms with Gasteiger partial charge < -0.3 is 10.0 Å². The van der Waals surface area contributed by atoms with E-state index < -0.39 is 22.6 Å². The van der Waals surface area contributed by atoms with Crippen LogP contribution in [0, 0.1) is 5.92 Å². The summed E-state index contributed by atoms with van der Waals surface area (Å²) in [6, 6.07) is 0. The van der Waals surface area contributed by atoms with Crippen LogP contribution in [0.25, 0.3) is 0 Å². The number of rotatable bonds is 2. The smallest absolute Gasteiger partial charge is 0.308 e. The van der Waals surface area contributed by atoms with Gasteiger partial charge >= 0.3 is 5.97 Å². The normalized spacial score (nSPS) is 22.5. The molecule has 1 fully saturated rings. The average Bonchev–Trinajstić information content (AvgIpc) is 2.16. The lowest BCUT2D eigenvalue weighted by Crippen LogP contribution is -2.44. The second-order valence-corrected chi connectivity index (χ2v) is 4.36. The Balaban J connectivity index is 2.56. The second-order valence-electron chi connectivity index (χ2n) is 3.26. The first-order valence-corrected chi connectivity index (χ1v) is 5.19. The molecule has 1 N–H and O–H groups in total. The minimum Gasteiger partial charge on any atom is -0.481 e. The third-order valence-electron chi connectivity index (χ3n) is 2.27. The van der Waals surface area contributed by atoms with Crippen molar-refractivity contribution >= 4 is 35.1 Å². The lowest BCUT2D eigenvalue weighted by atomic mass is 9.98. The largest absolute Gasteiger partial charge is 0.481 e. The Morgan fingerprint density at radius 3 is 2.57 bits per heavy atom. The predicted molar refractivity (Wildman–Crippen MR) is 52.4 cm³/mol. The van der Waals surface area contributed by atoms with Crippen molar-refractivity contribution in [1.29, 1.82) is 0 Å². The molecule has 0 spiro atoms. The van der Waals surface area contributed by atoms with E-state index in [0.717, 1.165) is 0 Å². The molecule has 0 aliphatic carbocycles. The van der Waals surface area contributed by atoms with Crippen molar-refractivity contribution < 1.29 is 14.7 Å². The molecule has 0 aromatic heterocycles. The molecular weight excluding hydrogens is 229 g/mol. The Morgan fingerprint density at radius 1 is 1.43 bits per heavy atom. The summed E-state index contributed by atoms with van der Waals surface area (Å²) in [5.74, 6) is -1.76. The standard InChI is InChI=1S/C8H11Cl2NO3/c9-6(10)7(12)11-3-1-2-5(4-11)8(13)14/h5-6H,1-4H2,(H,13,14)/t5-/m0/s1. The van der Waals surface area contributed by atoms with E-state index >= 15 is 0 Å². The van der Waals surface area contributed by atoms with Gasteiger partial charge in [0.25, 0.3) is 5.91 Å². The Labute approximate surface area is 91.8 Å². The van der Waals surface area contributed by atoms with E-state index in [4.69, 9.17) is 28.3 Å². The van der Waals surface area contributed by atoms with Gasteiger partial charge in [0.05, 0.1) is 5.92 Å². The van der Waals surface area contributed by atoms with Gasteiger partial charge in [0, 0.05) is 13.1 Å². The van der Waals surface area contributed by atoms with Gasteiger partial charge in [-0.1, -0.05) is 23.2 Å². The van der Waals surface area contributed by atoms with Crippen LogP contribution in [0.3, 0.4) is 0 Å². The highest BCUT2D eigenvalue weighted by molar-refractivity contribution is 6.53. The molecule has 0 radical (unpaired) electrons. The average molecular weight is 240 g/mol. The summed E-state index contributed by atoms with van der Waals surface area (Å²) in [5.41, 5.74) is 0. The van der Waals surface area contributed by atoms with Gasteiger partial charge in [-0.2, -0.15) is 0 Å². The maximum atomic E-state index is 11.3. The molecule has 1 rings (SSSR count). The lowest BCUT2D eigenvalue weighted by Gasteiger charge is -2.30. The van der Waals surface area contributed by atoms with Crippen molar-refractivity contribution in [3.8, 4) is 0 Å². The number of likely N-dealkylation sites (tertiary alicyclic amines) is 1. The van der Waals surface area contributed by atoms with Gasteiger partial charge in [-0.05, 0) is 12.8 Å². The Morgan fingerprint density at radius 2 is 2.07 bits per heavy atom. The summed E-state index contributed by atoms with van der Waals surface area (Å²) in [7, 11) is 0. The molecule has 6 heteroatoms. The number of carbonyl (C=O) groups is 2. The fraction of sp³-hybridized carbons (Fsp3) is 0.750. The molecule has 1 aliphatic heterocycles. The first-order valence-electron chi connectivity index (χ1n) is 4.32. The quantitative estimate of drug-likeness (QED) is 0.735. The zero-order valence-corrected chi connectivity index (χ0v) is 8.96. The molecule has 0 aromatic carbocycles. The molecule has 0 aromatic rings. The van der Waals surface area contributed by atoms with Gasteiger partial charge in [-0.15, -0.1) is 0 Å². The number of alkyl halides is 2. The van der Waals surface area contributed by atoms with Crippen molar-refractivity contribution in [3.05, 3.63) is 0 Å². The summed E-state index contributed by atoms with van der Waals surface area (Å²) in [6.07, 6.45) is 1.29. The molecule has 0 unspecified atom stereocenters. The molecular formula is C8H11Cl2NO3. The van der Waals surface area contributed by atoms with Crippen molar-refractivity contribution in [2.75, 3.05) is 13.1 Å². The zero-order chi connectivity index (χ0) is 10.7. The highest BCUT2D eigenvalue weighted by Gasteiger charge is 2.30. The molecule has 1 atom stereocenters. The molecule has 80 valence electrons. The monoisotopic (exact) mass is 239 g/mol. The molecule has 0 saturated carbocycles. The van der Waals surface area contributed by atoms with Gasteiger partial charge in [0.2, 0.25) is 0 Å². The minimum absolute atomic E-state index is 0.212. The lowest BCUT2D eigenvalue weighted by molar-refractivity contribution is -0.145. The third-order valence-corrected chi connectivity index (χ3v) is 2.64. The zero-order valence-electron chi connectivity index (χ0n) is 7.45. The van der Waals surface area contributed by atoms with E-state index in [2.05, 4.69) is 0 Å². The van der Waals surface area contributed by atoms with Crippen LogP contribution in [0.15, 0.2) is 0 Å². The first-order chi connectivity index (χ1) is 6.52. The van der Waals surface area contributed by atoms with Gasteiger partial charge in [-0.25, -0.2) is 0 Å². The van der Waals surface area contributed by atoms with Crippen molar-refractivity contribution in [2.24, 2.45) is 5.92 Å². The van der Waals surface area contributed by atoms with E-state index in [-0.39, 0.29) is 6.54 Å². The number of hydrogen-bond acceptors (Lipinski definition) is 2. The van der Waals surface area contributed by atoms with E-state index in [1.807, 2.05) is 0 Å². The van der Waals surface area contributed by atoms with Crippen molar-refractivity contribution in [2.45, 2.75) is 17.7 Å². The molecule has 14 heavy (non-hydrogen) atoms. The fourth-order valence-electron chi connectivity index (χ4n) is 1.52. The topological polar surface area (TPSA) is 57.6 Å². The maximum absolute atomic E-state index is 11.3. The van der Waals surface area contributed by atoms with Crippen molar-refractivity contribution in [1.82, 2.24) is 4.90 Å². The third kappa shape index (κ3) is 2.75. The summed E-state index contributed by atoms with van der Waals surface area (Å²) >= 11 is 10.8. The van der Waals surface area contributed by atoms with Crippen LogP contribution < -0.4 is 0 Å². The molecule has 4 nitrogen and oxygen atoms in total. The van der Waals surface area contributed by atoms with Crippen LogP contribution in [0.1, 0.15) is 12.8 Å². The summed E-state index contributed by atoms with van der Waals surface area (Å²) in [6.45, 7) is 0.753. The Hall–Kier alpha value is -0.480. The van der Waals surface area contributed by atoms with E-state index in [9.17, 15) is 9.59 Å². The molecule has 1 saturated heterocycles. The second kappa shape index (κ2) is 4.84. The van der Waals surface area contributed by atoms with Crippen LogP contribution in [0.4, 0.5) is 0 Å². The summed E-state index contributed by atoms with van der Waals surface area (Å²) < 4.78 is 0. The number of amides is 1. The van der Waals surface area contributed by atoms with Gasteiger partial charge in [0.1, 0.15) is 0 Å². The van der Waals surface area contributed by atoms with Gasteiger partial charge in [-0.3, -0.25) is 9.59 Å².